The maximum Gasteiger partial charge on any atom is 0.414 e. The SMILES string of the molecule is CN(C(=O)OCc1ccccc1)c1ccc(Nc2cccc(NC(=O)OC(C)(C)C)c2)c(N)c1.[HH]. The molecule has 0 aliphatic carbocycles. The highest BCUT2D eigenvalue weighted by molar-refractivity contribution is 5.90. The smallest absolute Gasteiger partial charge is 0.414 e. The van der Waals surface area contributed by atoms with Crippen molar-refractivity contribution in [2.45, 2.75) is 33.0 Å². The number of carbonyl (C=O) groups excluding carboxylic acids is 2. The Hall–Kier alpha value is -4.20. The number of hydrogen-bond donors (Lipinski definition) is 3. The van der Waals surface area contributed by atoms with E-state index in [1.54, 1.807) is 64.2 Å². The second-order valence-corrected chi connectivity index (χ2v) is 8.70. The van der Waals surface area contributed by atoms with Crippen molar-refractivity contribution < 1.29 is 20.5 Å². The molecule has 0 aromatic heterocycles. The fourth-order valence-corrected chi connectivity index (χ4v) is 3.05. The number of benzene rings is 3. The minimum absolute atomic E-state index is 0. The first-order valence-electron chi connectivity index (χ1n) is 10.8. The molecule has 3 aromatic carbocycles. The van der Waals surface area contributed by atoms with E-state index in [4.69, 9.17) is 15.2 Å². The lowest BCUT2D eigenvalue weighted by atomic mass is 10.2. The molecule has 3 rings (SSSR count). The van der Waals surface area contributed by atoms with E-state index in [9.17, 15) is 9.59 Å². The quantitative estimate of drug-likeness (QED) is 0.366. The molecule has 0 heterocycles. The second-order valence-electron chi connectivity index (χ2n) is 8.70. The van der Waals surface area contributed by atoms with Crippen LogP contribution in [0.1, 0.15) is 27.8 Å². The van der Waals surface area contributed by atoms with E-state index in [0.717, 1.165) is 11.3 Å². The Morgan fingerprint density at radius 3 is 2.35 bits per heavy atom. The van der Waals surface area contributed by atoms with Crippen LogP contribution in [0.5, 0.6) is 0 Å². The lowest BCUT2D eigenvalue weighted by Crippen LogP contribution is -2.27. The van der Waals surface area contributed by atoms with Gasteiger partial charge < -0.3 is 20.5 Å². The number of ether oxygens (including phenoxy) is 2. The number of nitrogen functional groups attached to an aromatic ring is 1. The van der Waals surface area contributed by atoms with Crippen LogP contribution in [0.25, 0.3) is 0 Å². The van der Waals surface area contributed by atoms with Crippen LogP contribution in [-0.2, 0) is 16.1 Å². The van der Waals surface area contributed by atoms with Crippen molar-refractivity contribution in [3.63, 3.8) is 0 Å². The van der Waals surface area contributed by atoms with Gasteiger partial charge >= 0.3 is 12.2 Å². The third kappa shape index (κ3) is 7.16. The molecule has 8 heteroatoms. The fraction of sp³-hybridized carbons (Fsp3) is 0.231. The van der Waals surface area contributed by atoms with E-state index < -0.39 is 17.8 Å². The van der Waals surface area contributed by atoms with Crippen LogP contribution in [0, 0.1) is 0 Å². The Morgan fingerprint density at radius 1 is 0.971 bits per heavy atom. The van der Waals surface area contributed by atoms with Crippen LogP contribution in [0.4, 0.5) is 38.0 Å². The highest BCUT2D eigenvalue weighted by Gasteiger charge is 2.17. The maximum atomic E-state index is 12.4. The Morgan fingerprint density at radius 2 is 1.68 bits per heavy atom. The van der Waals surface area contributed by atoms with Crippen LogP contribution in [0.15, 0.2) is 72.8 Å². The molecule has 0 bridgehead atoms. The molecule has 0 atom stereocenters. The zero-order valence-electron chi connectivity index (χ0n) is 19.8. The summed E-state index contributed by atoms with van der Waals surface area (Å²) in [6.45, 7) is 5.60. The molecule has 180 valence electrons. The van der Waals surface area contributed by atoms with Gasteiger partial charge in [-0.15, -0.1) is 0 Å². The highest BCUT2D eigenvalue weighted by atomic mass is 16.6. The molecule has 0 aliphatic heterocycles. The molecule has 4 N–H and O–H groups in total. The van der Waals surface area contributed by atoms with Crippen molar-refractivity contribution in [3.05, 3.63) is 78.4 Å². The van der Waals surface area contributed by atoms with Crippen molar-refractivity contribution in [1.82, 2.24) is 0 Å². The lowest BCUT2D eigenvalue weighted by molar-refractivity contribution is 0.0636. The summed E-state index contributed by atoms with van der Waals surface area (Å²) in [7, 11) is 1.63. The van der Waals surface area contributed by atoms with Crippen molar-refractivity contribution in [1.29, 1.82) is 0 Å². The minimum atomic E-state index is -0.586. The van der Waals surface area contributed by atoms with Gasteiger partial charge in [0.25, 0.3) is 0 Å². The van der Waals surface area contributed by atoms with E-state index >= 15 is 0 Å². The normalized spacial score (nSPS) is 10.8. The molecule has 0 saturated carbocycles. The van der Waals surface area contributed by atoms with Crippen molar-refractivity contribution >= 4 is 40.6 Å². The van der Waals surface area contributed by atoms with Gasteiger partial charge in [-0.25, -0.2) is 9.59 Å². The van der Waals surface area contributed by atoms with Crippen molar-refractivity contribution in [2.24, 2.45) is 0 Å². The predicted octanol–water partition coefficient (Wildman–Crippen LogP) is 6.38. The minimum Gasteiger partial charge on any atom is -0.444 e. The molecule has 3 aromatic rings. The second kappa shape index (κ2) is 10.6. The molecule has 8 nitrogen and oxygen atoms in total. The third-order valence-corrected chi connectivity index (χ3v) is 4.69. The summed E-state index contributed by atoms with van der Waals surface area (Å²) >= 11 is 0. The first kappa shape index (κ1) is 24.4. The van der Waals surface area contributed by atoms with E-state index in [2.05, 4.69) is 10.6 Å². The monoisotopic (exact) mass is 464 g/mol. The van der Waals surface area contributed by atoms with Gasteiger partial charge in [-0.2, -0.15) is 0 Å². The van der Waals surface area contributed by atoms with E-state index in [1.807, 2.05) is 36.4 Å². The standard InChI is InChI=1S/C26H30N4O4.H2/c1-26(2,3)34-24(31)29-20-12-8-11-19(15-20)28-23-14-13-21(16-22(23)27)30(4)25(32)33-17-18-9-6-5-7-10-18;/h5-16,28H,17,27H2,1-4H3,(H,29,31);1H. The largest absolute Gasteiger partial charge is 0.444 e. The van der Waals surface area contributed by atoms with Gasteiger partial charge in [0, 0.05) is 25.5 Å². The zero-order valence-corrected chi connectivity index (χ0v) is 19.8. The van der Waals surface area contributed by atoms with Crippen LogP contribution in [0.2, 0.25) is 0 Å². The predicted molar refractivity (Wildman–Crippen MR) is 138 cm³/mol. The Bertz CT molecular complexity index is 1150. The summed E-state index contributed by atoms with van der Waals surface area (Å²) in [5.41, 5.74) is 9.56. The van der Waals surface area contributed by atoms with Crippen molar-refractivity contribution in [2.75, 3.05) is 28.3 Å². The Kier molecular flexibility index (Phi) is 7.63. The average molecular weight is 465 g/mol. The molecular formula is C26H32N4O4. The number of nitrogens with zero attached hydrogens (tertiary/aromatic N) is 1. The Balaban J connectivity index is 0.00000432. The first-order valence-corrected chi connectivity index (χ1v) is 10.8. The number of amides is 2. The van der Waals surface area contributed by atoms with Gasteiger partial charge in [-0.05, 0) is 62.7 Å². The number of nitrogens with two attached hydrogens (primary N) is 1. The van der Waals surface area contributed by atoms with Gasteiger partial charge in [0.05, 0.1) is 11.4 Å². The molecule has 0 unspecified atom stereocenters. The average Bonchev–Trinajstić information content (AvgIpc) is 2.78. The van der Waals surface area contributed by atoms with E-state index in [-0.39, 0.29) is 8.03 Å². The van der Waals surface area contributed by atoms with E-state index in [1.165, 1.54) is 4.90 Å². The number of hydrogen-bond acceptors (Lipinski definition) is 6. The zero-order chi connectivity index (χ0) is 24.7. The van der Waals surface area contributed by atoms with Crippen molar-refractivity contribution in [3.8, 4) is 0 Å². The highest BCUT2D eigenvalue weighted by Crippen LogP contribution is 2.29. The first-order chi connectivity index (χ1) is 16.1. The molecule has 0 radical (unpaired) electrons. The fourth-order valence-electron chi connectivity index (χ4n) is 3.05. The van der Waals surface area contributed by atoms with Crippen LogP contribution in [0.3, 0.4) is 0 Å². The summed E-state index contributed by atoms with van der Waals surface area (Å²) < 4.78 is 10.7. The molecule has 0 fully saturated rings. The summed E-state index contributed by atoms with van der Waals surface area (Å²) in [4.78, 5) is 25.8. The number of anilines is 5. The Labute approximate surface area is 201 Å². The lowest BCUT2D eigenvalue weighted by Gasteiger charge is -2.20. The molecule has 0 spiro atoms. The topological polar surface area (TPSA) is 106 Å². The van der Waals surface area contributed by atoms with Crippen LogP contribution in [-0.4, -0.2) is 24.8 Å². The van der Waals surface area contributed by atoms with Crippen LogP contribution < -0.4 is 21.3 Å². The number of carbonyl (C=O) groups is 2. The third-order valence-electron chi connectivity index (χ3n) is 4.69. The maximum absolute atomic E-state index is 12.4. The van der Waals surface area contributed by atoms with Crippen LogP contribution >= 0.6 is 0 Å². The molecule has 2 amide bonds. The van der Waals surface area contributed by atoms with Gasteiger partial charge in [-0.1, -0.05) is 36.4 Å². The van der Waals surface area contributed by atoms with E-state index in [0.29, 0.717) is 22.7 Å². The molecule has 0 aliphatic rings. The summed E-state index contributed by atoms with van der Waals surface area (Å²) in [6.07, 6.45) is -1.01. The van der Waals surface area contributed by atoms with Gasteiger partial charge in [-0.3, -0.25) is 10.2 Å². The molecule has 34 heavy (non-hydrogen) atoms. The summed E-state index contributed by atoms with van der Waals surface area (Å²) in [5, 5.41) is 5.93. The molecular weight excluding hydrogens is 432 g/mol. The summed E-state index contributed by atoms with van der Waals surface area (Å²) in [6, 6.07) is 21.9. The summed E-state index contributed by atoms with van der Waals surface area (Å²) in [5.74, 6) is 0. The number of nitrogens with one attached hydrogen (secondary N) is 2. The number of rotatable bonds is 6. The van der Waals surface area contributed by atoms with Gasteiger partial charge in [0.1, 0.15) is 12.2 Å². The van der Waals surface area contributed by atoms with Gasteiger partial charge in [0.2, 0.25) is 0 Å². The molecule has 0 saturated heterocycles. The van der Waals surface area contributed by atoms with Gasteiger partial charge in [0.15, 0.2) is 0 Å².